The number of aryl methyl sites for hydroxylation is 2. The number of amides is 8. The monoisotopic (exact) mass is 1750 g/mol. The summed E-state index contributed by atoms with van der Waals surface area (Å²) in [5.74, 6) is -0.738. The van der Waals surface area contributed by atoms with Gasteiger partial charge in [-0.2, -0.15) is 20.4 Å². The van der Waals surface area contributed by atoms with Gasteiger partial charge in [-0.05, 0) is 241 Å². The minimum absolute atomic E-state index is 0.0244. The summed E-state index contributed by atoms with van der Waals surface area (Å²) in [6.45, 7) is 23.0. The molecule has 129 heavy (non-hydrogen) atoms. The van der Waals surface area contributed by atoms with Crippen molar-refractivity contribution in [2.24, 2.45) is 22.9 Å². The minimum Gasteiger partial charge on any atom is -0.457 e. The lowest BCUT2D eigenvalue weighted by atomic mass is 10.1. The Labute approximate surface area is 742 Å². The number of hydrogen-bond acceptors (Lipinski definition) is 16. The largest absolute Gasteiger partial charge is 0.457 e. The van der Waals surface area contributed by atoms with E-state index in [0.29, 0.717) is 132 Å². The highest BCUT2D eigenvalue weighted by Gasteiger charge is 2.32. The van der Waals surface area contributed by atoms with E-state index in [1.165, 1.54) is 42.5 Å². The third kappa shape index (κ3) is 23.1. The normalized spacial score (nSPS) is 15.9. The second-order valence-corrected chi connectivity index (χ2v) is 31.2. The number of likely N-dealkylation sites (tertiary alicyclic amines) is 4. The van der Waals surface area contributed by atoms with E-state index in [1.54, 1.807) is 124 Å². The number of nitrogens with two attached hydrogens (primary N) is 4. The lowest BCUT2D eigenvalue weighted by Gasteiger charge is -2.32. The molecule has 4 aliphatic rings. The number of hydrogen-bond donors (Lipinski definition) is 4. The average Bonchev–Trinajstić information content (AvgIpc) is 1.67. The second kappa shape index (κ2) is 41.9. The van der Waals surface area contributed by atoms with Crippen molar-refractivity contribution in [2.75, 3.05) is 52.4 Å². The second-order valence-electron chi connectivity index (χ2n) is 31.2. The molecule has 4 fully saturated rings. The van der Waals surface area contributed by atoms with Crippen molar-refractivity contribution >= 4 is 47.3 Å². The molecule has 0 bridgehead atoms. The molecule has 0 radical (unpaired) electrons. The highest BCUT2D eigenvalue weighted by molar-refractivity contribution is 6.01. The van der Waals surface area contributed by atoms with E-state index in [-0.39, 0.29) is 64.9 Å². The van der Waals surface area contributed by atoms with Crippen molar-refractivity contribution in [1.82, 2.24) is 58.7 Å². The first-order chi connectivity index (χ1) is 62.2. The number of piperidine rings is 4. The van der Waals surface area contributed by atoms with E-state index in [1.807, 2.05) is 111 Å². The maximum atomic E-state index is 13.4. The van der Waals surface area contributed by atoms with Gasteiger partial charge in [0.05, 0.1) is 46.4 Å². The van der Waals surface area contributed by atoms with Gasteiger partial charge >= 0.3 is 0 Å². The molecule has 4 saturated heterocycles. The average molecular weight is 1750 g/mol. The van der Waals surface area contributed by atoms with Crippen molar-refractivity contribution in [3.63, 3.8) is 0 Å². The molecule has 0 spiro atoms. The Hall–Kier alpha value is -15.7. The molecule has 28 nitrogen and oxygen atoms in total. The molecule has 662 valence electrons. The van der Waals surface area contributed by atoms with Crippen LogP contribution < -0.4 is 41.9 Å². The highest BCUT2D eigenvalue weighted by Crippen LogP contribution is 2.37. The van der Waals surface area contributed by atoms with Crippen molar-refractivity contribution in [2.45, 2.75) is 89.4 Å². The molecule has 8 heterocycles. The third-order valence-electron chi connectivity index (χ3n) is 22.2. The predicted molar refractivity (Wildman–Crippen MR) is 480 cm³/mol. The Kier molecular flexibility index (Phi) is 29.5. The van der Waals surface area contributed by atoms with Crippen molar-refractivity contribution in [1.29, 1.82) is 0 Å². The van der Waals surface area contributed by atoms with Crippen LogP contribution in [0.5, 0.6) is 46.0 Å². The fourth-order valence-electron chi connectivity index (χ4n) is 15.5. The topological polar surface area (TPSA) is 362 Å². The lowest BCUT2D eigenvalue weighted by Crippen LogP contribution is -2.40. The Balaban J connectivity index is 0.000000147. The maximum absolute atomic E-state index is 13.4. The van der Waals surface area contributed by atoms with Crippen LogP contribution in [0.4, 0.5) is 13.2 Å². The third-order valence-corrected chi connectivity index (χ3v) is 22.2. The fourth-order valence-corrected chi connectivity index (χ4v) is 15.5. The van der Waals surface area contributed by atoms with Gasteiger partial charge in [0.1, 0.15) is 74.6 Å². The van der Waals surface area contributed by atoms with Gasteiger partial charge in [0.2, 0.25) is 23.6 Å². The van der Waals surface area contributed by atoms with Gasteiger partial charge in [-0.3, -0.25) is 57.1 Å². The van der Waals surface area contributed by atoms with Crippen LogP contribution in [0.2, 0.25) is 0 Å². The molecule has 8 amide bonds. The summed E-state index contributed by atoms with van der Waals surface area (Å²) in [4.78, 5) is 103. The van der Waals surface area contributed by atoms with Crippen molar-refractivity contribution in [3.8, 4) is 91.0 Å². The number of aromatic nitrogens is 8. The van der Waals surface area contributed by atoms with Gasteiger partial charge < -0.3 is 61.5 Å². The number of nitrogens with zero attached hydrogens (tertiary/aromatic N) is 12. The van der Waals surface area contributed by atoms with Crippen LogP contribution in [0.1, 0.15) is 128 Å². The number of rotatable bonds is 24. The number of ether oxygens (including phenoxy) is 4. The molecule has 12 aromatic rings. The van der Waals surface area contributed by atoms with Crippen LogP contribution in [0.3, 0.4) is 0 Å². The van der Waals surface area contributed by atoms with E-state index in [2.05, 4.69) is 46.7 Å². The predicted octanol–water partition coefficient (Wildman–Crippen LogP) is 16.2. The van der Waals surface area contributed by atoms with E-state index in [9.17, 15) is 51.5 Å². The number of primary amides is 4. The van der Waals surface area contributed by atoms with E-state index < -0.39 is 35.3 Å². The molecule has 8 N–H and O–H groups in total. The van der Waals surface area contributed by atoms with Gasteiger partial charge in [0, 0.05) is 112 Å². The Morgan fingerprint density at radius 1 is 0.326 bits per heavy atom. The van der Waals surface area contributed by atoms with Crippen LogP contribution in [0.25, 0.3) is 45.0 Å². The molecular formula is C98H97F3N16O12. The number of carbonyl (C=O) groups is 8. The molecule has 16 rings (SSSR count). The van der Waals surface area contributed by atoms with Crippen LogP contribution in [-0.2, 0) is 19.2 Å². The molecule has 8 aromatic carbocycles. The van der Waals surface area contributed by atoms with E-state index in [0.717, 1.165) is 97.3 Å². The van der Waals surface area contributed by atoms with Gasteiger partial charge in [0.25, 0.3) is 23.6 Å². The number of halogens is 3. The van der Waals surface area contributed by atoms with Crippen LogP contribution >= 0.6 is 0 Å². The number of carbonyl (C=O) groups excluding carboxylic acids is 8. The van der Waals surface area contributed by atoms with Crippen LogP contribution in [-0.4, -0.2) is 158 Å². The molecular weight excluding hydrogens is 1650 g/mol. The SMILES string of the molecule is C=CC(=O)N1CCC[C@@H](n2cc(C(N)=O)c(-c3ccc(Oc4ccc(C)cc4)cc3)n2)C1.C=CC(=O)N1CCC[C@@H](n2cc(C(N)=O)c(-c3ccc(Oc4ccc(F)c(F)c4)cc3)n2)C1.C=CC(=O)N1CCC[C@@H](n2cc(C(N)=O)c(-c3ccc(Oc4cccc(C)c4)cc3)n2)C1.C=CC(=O)N1CCC[C@@H](n2cc(C(N)=O)c(-c3ccc(Oc4cccc(F)c4)cc3)n2)C1. The standard InChI is InChI=1S/2C25H26N4O3.C24H22F2N4O3.C24H23FN4O3/c1-3-23(30)28-13-5-7-19(15-28)29-16-22(25(26)31)24(27-29)18-9-11-20(12-10-18)32-21-8-4-6-17(2)14-21;1-3-23(30)28-14-4-5-19(15-28)29-16-22(25(26)31)24(27-29)18-8-12-21(13-9-18)32-20-10-6-17(2)7-11-20;1-2-22(31)29-11-3-4-16(13-29)30-14-19(24(27)32)23(28-30)15-5-7-17(8-6-15)33-18-9-10-20(25)21(26)12-18;1-2-22(30)28-12-4-6-18(14-28)29-15-21(24(26)31)23(27-29)16-8-10-19(11-9-16)32-20-7-3-5-17(25)13-20/h3-4,6,8-12,14,16,19H,1,5,7,13,15H2,2H3,(H2,26,31);3,6-13,16,19H,1,4-5,14-15H2,2H3,(H2,26,31);2,5-10,12,14,16H,1,3-4,11,13H2,(H2,27,32);2-3,5,7-11,13,15,18H,1,4,6,12,14H2,(H2,26,31)/t2*19-;16-;18-/m1111/s1. The van der Waals surface area contributed by atoms with E-state index >= 15 is 0 Å². The molecule has 4 aromatic heterocycles. The summed E-state index contributed by atoms with van der Waals surface area (Å²) < 4.78 is 69.8. The summed E-state index contributed by atoms with van der Waals surface area (Å²) in [7, 11) is 0. The first kappa shape index (κ1) is 91.0. The Morgan fingerprint density at radius 2 is 0.589 bits per heavy atom. The fraction of sp³-hybridized carbons (Fsp3) is 0.224. The quantitative estimate of drug-likeness (QED) is 0.0408. The summed E-state index contributed by atoms with van der Waals surface area (Å²) in [6, 6.07) is 53.0. The summed E-state index contributed by atoms with van der Waals surface area (Å²) in [5, 5.41) is 18.6. The van der Waals surface area contributed by atoms with Crippen LogP contribution in [0, 0.1) is 31.3 Å². The first-order valence-electron chi connectivity index (χ1n) is 41.9. The molecule has 4 atom stereocenters. The summed E-state index contributed by atoms with van der Waals surface area (Å²) in [5.41, 5.74) is 30.8. The lowest BCUT2D eigenvalue weighted by molar-refractivity contribution is -0.128. The summed E-state index contributed by atoms with van der Waals surface area (Å²) in [6.07, 6.45) is 18.6. The zero-order valence-electron chi connectivity index (χ0n) is 71.2. The zero-order chi connectivity index (χ0) is 91.5. The molecule has 0 unspecified atom stereocenters. The Bertz CT molecular complexity index is 5940. The van der Waals surface area contributed by atoms with Gasteiger partial charge in [-0.15, -0.1) is 0 Å². The smallest absolute Gasteiger partial charge is 0.252 e. The van der Waals surface area contributed by atoms with Crippen LogP contribution in [0.15, 0.2) is 263 Å². The van der Waals surface area contributed by atoms with Crippen molar-refractivity contribution in [3.05, 3.63) is 314 Å². The molecule has 31 heteroatoms. The molecule has 0 aliphatic carbocycles. The highest BCUT2D eigenvalue weighted by atomic mass is 19.2. The zero-order valence-corrected chi connectivity index (χ0v) is 71.2. The minimum atomic E-state index is -1.00. The maximum Gasteiger partial charge on any atom is 0.252 e. The number of benzene rings is 8. The van der Waals surface area contributed by atoms with Gasteiger partial charge in [-0.1, -0.05) is 62.2 Å². The van der Waals surface area contributed by atoms with Crippen molar-refractivity contribution < 1.29 is 70.5 Å². The van der Waals surface area contributed by atoms with E-state index in [4.69, 9.17) is 41.9 Å². The van der Waals surface area contributed by atoms with Gasteiger partial charge in [-0.25, -0.2) is 13.2 Å². The Morgan fingerprint density at radius 3 is 0.860 bits per heavy atom. The molecule has 4 aliphatic heterocycles. The summed E-state index contributed by atoms with van der Waals surface area (Å²) >= 11 is 0. The van der Waals surface area contributed by atoms with Gasteiger partial charge in [0.15, 0.2) is 11.6 Å². The molecule has 0 saturated carbocycles. The first-order valence-corrected chi connectivity index (χ1v) is 41.9.